The van der Waals surface area contributed by atoms with Gasteiger partial charge >= 0.3 is 0 Å². The minimum atomic E-state index is 0. The molecule has 0 saturated carbocycles. The van der Waals surface area contributed by atoms with E-state index in [4.69, 9.17) is 0 Å². The Kier molecular flexibility index (Phi) is 132. The molecule has 0 fully saturated rings. The van der Waals surface area contributed by atoms with Gasteiger partial charge in [-0.1, -0.05) is 0 Å². The van der Waals surface area contributed by atoms with Gasteiger partial charge in [-0.2, -0.15) is 0 Å². The average molecular weight is 403 g/mol. The van der Waals surface area contributed by atoms with Crippen LogP contribution in [-0.2, 0) is 82.1 Å². The van der Waals surface area contributed by atoms with Crippen LogP contribution in [0.15, 0.2) is 0 Å². The van der Waals surface area contributed by atoms with E-state index >= 15 is 0 Å². The van der Waals surface area contributed by atoms with Crippen LogP contribution in [0.4, 0.5) is 0 Å². The standard InChI is InChI=1S/Au.Fe.Ni.Zr. The van der Waals surface area contributed by atoms with Gasteiger partial charge in [0.15, 0.2) is 0 Å². The third kappa shape index (κ3) is 8.82. The van der Waals surface area contributed by atoms with Crippen molar-refractivity contribution < 1.29 is 82.1 Å². The summed E-state index contributed by atoms with van der Waals surface area (Å²) in [6.07, 6.45) is 0. The summed E-state index contributed by atoms with van der Waals surface area (Å²) in [7, 11) is 0. The van der Waals surface area contributed by atoms with Gasteiger partial charge in [0.1, 0.15) is 0 Å². The zero-order chi connectivity index (χ0) is 0. The van der Waals surface area contributed by atoms with Crippen molar-refractivity contribution in [1.82, 2.24) is 0 Å². The van der Waals surface area contributed by atoms with Gasteiger partial charge in [-0.05, 0) is 0 Å². The molecule has 0 saturated heterocycles. The van der Waals surface area contributed by atoms with Crippen molar-refractivity contribution in [3.05, 3.63) is 0 Å². The van der Waals surface area contributed by atoms with E-state index in [1.54, 1.807) is 0 Å². The van der Waals surface area contributed by atoms with Crippen LogP contribution in [0.5, 0.6) is 0 Å². The first-order chi connectivity index (χ1) is 0. The molecule has 0 heterocycles. The molecule has 0 unspecified atom stereocenters. The molecule has 0 bridgehead atoms. The molecule has 0 aliphatic carbocycles. The summed E-state index contributed by atoms with van der Waals surface area (Å²) < 4.78 is 0. The maximum Gasteiger partial charge on any atom is 0 e. The second-order valence-corrected chi connectivity index (χ2v) is 0. The second-order valence-electron chi connectivity index (χ2n) is 0. The molecule has 0 aromatic rings. The first-order valence-electron chi connectivity index (χ1n) is 0. The number of hydrogen-bond acceptors (Lipinski definition) is 0. The van der Waals surface area contributed by atoms with E-state index in [-0.39, 0.29) is 82.1 Å². The molecule has 4 heavy (non-hydrogen) atoms. The minimum Gasteiger partial charge on any atom is 0 e. The molecule has 0 N–H and O–H groups in total. The smallest absolute Gasteiger partial charge is 0 e. The van der Waals surface area contributed by atoms with Crippen molar-refractivity contribution in [3.63, 3.8) is 0 Å². The summed E-state index contributed by atoms with van der Waals surface area (Å²) in [4.78, 5) is 0. The molecular formula is AuFeNiZr. The molecule has 0 rings (SSSR count). The van der Waals surface area contributed by atoms with Gasteiger partial charge in [0, 0.05) is 82.1 Å². The maximum absolute atomic E-state index is 0. The molecule has 0 aliphatic heterocycles. The summed E-state index contributed by atoms with van der Waals surface area (Å²) in [5, 5.41) is 0. The Morgan fingerprint density at radius 1 is 1.00 bits per heavy atom. The van der Waals surface area contributed by atoms with Gasteiger partial charge < -0.3 is 0 Å². The van der Waals surface area contributed by atoms with Crippen molar-refractivity contribution in [1.29, 1.82) is 0 Å². The van der Waals surface area contributed by atoms with Crippen LogP contribution in [0.3, 0.4) is 0 Å². The summed E-state index contributed by atoms with van der Waals surface area (Å²) in [6.45, 7) is 0. The van der Waals surface area contributed by atoms with Crippen molar-refractivity contribution in [2.45, 2.75) is 0 Å². The maximum atomic E-state index is 0. The Morgan fingerprint density at radius 3 is 1.00 bits per heavy atom. The van der Waals surface area contributed by atoms with Crippen LogP contribution in [0.25, 0.3) is 0 Å². The van der Waals surface area contributed by atoms with E-state index in [1.165, 1.54) is 0 Å². The third-order valence-electron chi connectivity index (χ3n) is 0. The topological polar surface area (TPSA) is 0 Å². The monoisotopic (exact) mass is 401 g/mol. The fourth-order valence-electron chi connectivity index (χ4n) is 0. The van der Waals surface area contributed by atoms with Crippen LogP contribution < -0.4 is 0 Å². The Hall–Kier alpha value is 2.64. The van der Waals surface area contributed by atoms with Gasteiger partial charge in [-0.15, -0.1) is 0 Å². The molecule has 0 spiro atoms. The summed E-state index contributed by atoms with van der Waals surface area (Å²) in [6, 6.07) is 0. The molecule has 4 heteroatoms. The van der Waals surface area contributed by atoms with E-state index in [9.17, 15) is 0 Å². The molecule has 0 aromatic heterocycles. The normalized spacial score (nSPS) is 0. The van der Waals surface area contributed by atoms with E-state index < -0.39 is 0 Å². The fourth-order valence-corrected chi connectivity index (χ4v) is 0. The molecule has 1 radical (unpaired) electrons. The van der Waals surface area contributed by atoms with Gasteiger partial charge in [-0.25, -0.2) is 0 Å². The SMILES string of the molecule is [Au].[Fe].[Ni].[Zr]. The van der Waals surface area contributed by atoms with Crippen LogP contribution >= 0.6 is 0 Å². The number of rotatable bonds is 0. The van der Waals surface area contributed by atoms with Crippen LogP contribution in [0, 0.1) is 0 Å². The van der Waals surface area contributed by atoms with Crippen LogP contribution in [0.2, 0.25) is 0 Å². The van der Waals surface area contributed by atoms with Crippen molar-refractivity contribution in [2.75, 3.05) is 0 Å². The molecule has 0 aliphatic rings. The van der Waals surface area contributed by atoms with Gasteiger partial charge in [0.05, 0.1) is 0 Å². The molecule has 0 nitrogen and oxygen atoms in total. The van der Waals surface area contributed by atoms with Gasteiger partial charge in [-0.3, -0.25) is 0 Å². The van der Waals surface area contributed by atoms with E-state index in [2.05, 4.69) is 0 Å². The quantitative estimate of drug-likeness (QED) is 0.500. The van der Waals surface area contributed by atoms with Crippen LogP contribution in [-0.4, -0.2) is 0 Å². The van der Waals surface area contributed by atoms with Crippen LogP contribution in [0.1, 0.15) is 0 Å². The first kappa shape index (κ1) is 30.3. The first-order valence-corrected chi connectivity index (χ1v) is 0. The summed E-state index contributed by atoms with van der Waals surface area (Å²) >= 11 is 0. The molecule has 0 aromatic carbocycles. The number of hydrogen-bond donors (Lipinski definition) is 0. The van der Waals surface area contributed by atoms with E-state index in [0.717, 1.165) is 0 Å². The average Bonchev–Trinajstić information content (AvgIpc) is 0. The van der Waals surface area contributed by atoms with Crippen molar-refractivity contribution in [2.24, 2.45) is 0 Å². The molecule has 0 amide bonds. The molecule has 33 valence electrons. The third-order valence-corrected chi connectivity index (χ3v) is 0. The zero-order valence-corrected chi connectivity index (χ0v) is 8.19. The van der Waals surface area contributed by atoms with Crippen molar-refractivity contribution >= 4 is 0 Å². The zero-order valence-electron chi connectivity index (χ0n) is 1.47. The summed E-state index contributed by atoms with van der Waals surface area (Å²) in [5.74, 6) is 0. The Balaban J connectivity index is 0. The predicted octanol–water partition coefficient (Wildman–Crippen LogP) is -0.0100. The Morgan fingerprint density at radius 2 is 1.00 bits per heavy atom. The second kappa shape index (κ2) is 17.4. The van der Waals surface area contributed by atoms with Crippen molar-refractivity contribution in [3.8, 4) is 0 Å². The van der Waals surface area contributed by atoms with E-state index in [1.807, 2.05) is 0 Å². The van der Waals surface area contributed by atoms with Gasteiger partial charge in [0.2, 0.25) is 0 Å². The van der Waals surface area contributed by atoms with Gasteiger partial charge in [0.25, 0.3) is 0 Å². The minimum absolute atomic E-state index is 0. The molecular weight excluding hydrogens is 403 g/mol. The Labute approximate surface area is 80.9 Å². The summed E-state index contributed by atoms with van der Waals surface area (Å²) in [5.41, 5.74) is 0. The largest absolute Gasteiger partial charge is 0 e. The Bertz CT molecular complexity index is 8.00. The molecule has 0 atom stereocenters. The predicted molar refractivity (Wildman–Crippen MR) is 0 cm³/mol. The van der Waals surface area contributed by atoms with E-state index in [0.29, 0.717) is 0 Å². The fraction of sp³-hybridized carbons (Fsp3) is 0.